The highest BCUT2D eigenvalue weighted by molar-refractivity contribution is 6.29. The summed E-state index contributed by atoms with van der Waals surface area (Å²) in [5, 5.41) is 0. The molecular weight excluding hydrogens is 302 g/mol. The van der Waals surface area contributed by atoms with E-state index in [-0.39, 0.29) is 6.04 Å². The van der Waals surface area contributed by atoms with E-state index in [4.69, 9.17) is 14.7 Å². The first-order valence-corrected chi connectivity index (χ1v) is 9.40. The Bertz CT molecular complexity index is 506. The smallest absolute Gasteiger partial charge is 0.183 e. The number of rotatable bonds is 3. The van der Waals surface area contributed by atoms with Crippen LogP contribution < -0.4 is 0 Å². The number of nitrogens with zero attached hydrogens (tertiary/aromatic N) is 5. The molecular formula is C18H31N5O. The highest BCUT2D eigenvalue weighted by Gasteiger charge is 2.28. The molecule has 3 aliphatic heterocycles. The Hall–Kier alpha value is -1.43. The van der Waals surface area contributed by atoms with Crippen LogP contribution in [0.5, 0.6) is 0 Å². The Morgan fingerprint density at radius 1 is 1.17 bits per heavy atom. The Morgan fingerprint density at radius 3 is 2.50 bits per heavy atom. The van der Waals surface area contributed by atoms with Crippen molar-refractivity contribution in [1.82, 2.24) is 9.80 Å². The van der Waals surface area contributed by atoms with Crippen molar-refractivity contribution >= 4 is 17.9 Å². The molecule has 0 spiro atoms. The summed E-state index contributed by atoms with van der Waals surface area (Å²) < 4.78 is 5.51. The molecule has 2 atom stereocenters. The fourth-order valence-corrected chi connectivity index (χ4v) is 3.65. The average Bonchev–Trinajstić information content (AvgIpc) is 2.63. The first-order valence-electron chi connectivity index (χ1n) is 9.40. The van der Waals surface area contributed by atoms with Gasteiger partial charge in [0.15, 0.2) is 5.90 Å². The van der Waals surface area contributed by atoms with Gasteiger partial charge in [0.25, 0.3) is 0 Å². The van der Waals surface area contributed by atoms with E-state index in [0.29, 0.717) is 18.6 Å². The molecule has 24 heavy (non-hydrogen) atoms. The van der Waals surface area contributed by atoms with Crippen LogP contribution in [-0.2, 0) is 4.74 Å². The molecule has 0 aromatic carbocycles. The van der Waals surface area contributed by atoms with E-state index in [9.17, 15) is 0 Å². The summed E-state index contributed by atoms with van der Waals surface area (Å²) in [5.74, 6) is 2.50. The summed E-state index contributed by atoms with van der Waals surface area (Å²) >= 11 is 0. The molecule has 0 aromatic heterocycles. The van der Waals surface area contributed by atoms with Crippen LogP contribution in [0.15, 0.2) is 15.0 Å². The maximum atomic E-state index is 5.51. The molecule has 1 saturated heterocycles. The molecule has 1 fully saturated rings. The van der Waals surface area contributed by atoms with Gasteiger partial charge < -0.3 is 9.64 Å². The van der Waals surface area contributed by atoms with Gasteiger partial charge in [-0.1, -0.05) is 0 Å². The van der Waals surface area contributed by atoms with Crippen molar-refractivity contribution in [2.45, 2.75) is 45.7 Å². The van der Waals surface area contributed by atoms with Crippen LogP contribution in [0.4, 0.5) is 0 Å². The molecule has 0 bridgehead atoms. The van der Waals surface area contributed by atoms with Gasteiger partial charge in [0, 0.05) is 51.1 Å². The Labute approximate surface area is 145 Å². The molecule has 3 aliphatic rings. The minimum absolute atomic E-state index is 0.289. The molecule has 0 aliphatic carbocycles. The summed E-state index contributed by atoms with van der Waals surface area (Å²) in [7, 11) is 0. The third-order valence-corrected chi connectivity index (χ3v) is 5.28. The third kappa shape index (κ3) is 4.15. The molecule has 6 nitrogen and oxygen atoms in total. The highest BCUT2D eigenvalue weighted by Crippen LogP contribution is 2.22. The second kappa shape index (κ2) is 8.10. The van der Waals surface area contributed by atoms with Gasteiger partial charge in [-0.3, -0.25) is 19.9 Å². The summed E-state index contributed by atoms with van der Waals surface area (Å²) in [6.07, 6.45) is 4.05. The predicted molar refractivity (Wildman–Crippen MR) is 99.5 cm³/mol. The van der Waals surface area contributed by atoms with E-state index >= 15 is 0 Å². The minimum Gasteiger partial charge on any atom is -0.481 e. The lowest BCUT2D eigenvalue weighted by Gasteiger charge is -2.38. The molecule has 0 N–H and O–H groups in total. The number of amidine groups is 1. The Balaban J connectivity index is 1.48. The number of hydrogen-bond acceptors (Lipinski definition) is 6. The van der Waals surface area contributed by atoms with Crippen LogP contribution >= 0.6 is 0 Å². The number of ether oxygens (including phenoxy) is 1. The van der Waals surface area contributed by atoms with Crippen molar-refractivity contribution < 1.29 is 4.74 Å². The lowest BCUT2D eigenvalue weighted by molar-refractivity contribution is 0.149. The Kier molecular flexibility index (Phi) is 5.87. The minimum atomic E-state index is 0.289. The van der Waals surface area contributed by atoms with Gasteiger partial charge in [-0.2, -0.15) is 0 Å². The standard InChI is InChI=1S/C18H31N5O/c1-4-24-18-6-5-15(11-21-18)16-12-20-17(13-19-16)23-9-7-22(8-10-23)14(2)3/h13-16H,4-12H2,1-3H3. The molecule has 0 radical (unpaired) electrons. The van der Waals surface area contributed by atoms with Crippen LogP contribution in [0, 0.1) is 5.92 Å². The fourth-order valence-electron chi connectivity index (χ4n) is 3.65. The zero-order chi connectivity index (χ0) is 16.9. The molecule has 134 valence electrons. The van der Waals surface area contributed by atoms with Crippen molar-refractivity contribution in [1.29, 1.82) is 0 Å². The largest absolute Gasteiger partial charge is 0.481 e. The molecule has 0 saturated carbocycles. The first kappa shape index (κ1) is 17.4. The van der Waals surface area contributed by atoms with Gasteiger partial charge in [0.1, 0.15) is 5.84 Å². The van der Waals surface area contributed by atoms with Crippen LogP contribution in [0.25, 0.3) is 0 Å². The molecule has 3 rings (SSSR count). The first-order chi connectivity index (χ1) is 11.7. The highest BCUT2D eigenvalue weighted by atomic mass is 16.5. The van der Waals surface area contributed by atoms with Crippen molar-refractivity contribution in [3.05, 3.63) is 0 Å². The van der Waals surface area contributed by atoms with Crippen molar-refractivity contribution in [3.63, 3.8) is 0 Å². The maximum Gasteiger partial charge on any atom is 0.183 e. The second-order valence-electron chi connectivity index (χ2n) is 7.13. The van der Waals surface area contributed by atoms with Crippen molar-refractivity contribution in [2.24, 2.45) is 20.9 Å². The monoisotopic (exact) mass is 333 g/mol. The lowest BCUT2D eigenvalue weighted by atomic mass is 9.92. The lowest BCUT2D eigenvalue weighted by Crippen LogP contribution is -2.51. The Morgan fingerprint density at radius 2 is 1.96 bits per heavy atom. The molecule has 0 aromatic rings. The number of aliphatic imine (C=N–C) groups is 3. The maximum absolute atomic E-state index is 5.51. The van der Waals surface area contributed by atoms with Gasteiger partial charge in [0.05, 0.1) is 25.4 Å². The van der Waals surface area contributed by atoms with E-state index in [2.05, 4.69) is 28.6 Å². The van der Waals surface area contributed by atoms with Gasteiger partial charge in [-0.15, -0.1) is 0 Å². The van der Waals surface area contributed by atoms with Crippen LogP contribution in [0.3, 0.4) is 0 Å². The zero-order valence-corrected chi connectivity index (χ0v) is 15.3. The number of hydrogen-bond donors (Lipinski definition) is 0. The van der Waals surface area contributed by atoms with Crippen molar-refractivity contribution in [2.75, 3.05) is 45.9 Å². The van der Waals surface area contributed by atoms with E-state index in [1.807, 2.05) is 13.1 Å². The second-order valence-corrected chi connectivity index (χ2v) is 7.13. The van der Waals surface area contributed by atoms with Gasteiger partial charge in [0.2, 0.25) is 0 Å². The van der Waals surface area contributed by atoms with Crippen LogP contribution in [-0.4, -0.2) is 85.7 Å². The zero-order valence-electron chi connectivity index (χ0n) is 15.3. The predicted octanol–water partition coefficient (Wildman–Crippen LogP) is 1.71. The molecule has 2 unspecified atom stereocenters. The van der Waals surface area contributed by atoms with Gasteiger partial charge in [-0.05, 0) is 27.2 Å². The van der Waals surface area contributed by atoms with E-state index in [1.165, 1.54) is 0 Å². The quantitative estimate of drug-likeness (QED) is 0.790. The summed E-state index contributed by atoms with van der Waals surface area (Å²) in [6, 6.07) is 0.921. The molecule has 6 heteroatoms. The van der Waals surface area contributed by atoms with Gasteiger partial charge >= 0.3 is 0 Å². The summed E-state index contributed by atoms with van der Waals surface area (Å²) in [4.78, 5) is 19.1. The SMILES string of the molecule is CCOC1=NCC(C2CN=C(N3CCN(C(C)C)CC3)C=N2)CC1. The normalized spacial score (nSPS) is 28.8. The van der Waals surface area contributed by atoms with E-state index in [1.54, 1.807) is 0 Å². The van der Waals surface area contributed by atoms with Crippen LogP contribution in [0.2, 0.25) is 0 Å². The molecule has 3 heterocycles. The fraction of sp³-hybridized carbons (Fsp3) is 0.833. The van der Waals surface area contributed by atoms with E-state index < -0.39 is 0 Å². The average molecular weight is 333 g/mol. The van der Waals surface area contributed by atoms with E-state index in [0.717, 1.165) is 63.8 Å². The van der Waals surface area contributed by atoms with Crippen molar-refractivity contribution in [3.8, 4) is 0 Å². The third-order valence-electron chi connectivity index (χ3n) is 5.28. The summed E-state index contributed by atoms with van der Waals surface area (Å²) in [6.45, 7) is 13.2. The summed E-state index contributed by atoms with van der Waals surface area (Å²) in [5.41, 5.74) is 0. The topological polar surface area (TPSA) is 52.8 Å². The number of piperazine rings is 1. The van der Waals surface area contributed by atoms with Crippen LogP contribution in [0.1, 0.15) is 33.6 Å². The van der Waals surface area contributed by atoms with Gasteiger partial charge in [-0.25, -0.2) is 0 Å². The molecule has 0 amide bonds.